The lowest BCUT2D eigenvalue weighted by Crippen LogP contribution is -2.43. The first-order valence-electron chi connectivity index (χ1n) is 6.21. The molecule has 1 rings (SSSR count). The van der Waals surface area contributed by atoms with Crippen LogP contribution in [0.4, 0.5) is 0 Å². The molecule has 1 unspecified atom stereocenters. The molecule has 0 aromatic rings. The van der Waals surface area contributed by atoms with E-state index in [1.165, 1.54) is 0 Å². The molecule has 0 saturated carbocycles. The standard InChI is InChI=1S/C12H24N2O2/c1-9(2)13-12(15)8-10(3)14-11-4-6-16-7-5-11/h9-11,14H,4-8H2,1-3H3,(H,13,15). The monoisotopic (exact) mass is 228 g/mol. The Morgan fingerprint density at radius 1 is 1.31 bits per heavy atom. The predicted molar refractivity (Wildman–Crippen MR) is 64.3 cm³/mol. The van der Waals surface area contributed by atoms with Gasteiger partial charge in [-0.3, -0.25) is 4.79 Å². The van der Waals surface area contributed by atoms with Crippen LogP contribution in [0.5, 0.6) is 0 Å². The Labute approximate surface area is 98.1 Å². The Bertz CT molecular complexity index is 213. The van der Waals surface area contributed by atoms with Crippen molar-refractivity contribution in [1.82, 2.24) is 10.6 Å². The van der Waals surface area contributed by atoms with Crippen LogP contribution < -0.4 is 10.6 Å². The molecule has 94 valence electrons. The Balaban J connectivity index is 2.18. The molecule has 0 aromatic heterocycles. The molecule has 1 heterocycles. The van der Waals surface area contributed by atoms with E-state index in [0.29, 0.717) is 12.5 Å². The van der Waals surface area contributed by atoms with Gasteiger partial charge in [-0.1, -0.05) is 0 Å². The highest BCUT2D eigenvalue weighted by Gasteiger charge is 2.17. The minimum atomic E-state index is 0.127. The Kier molecular flexibility index (Phi) is 5.77. The number of nitrogens with one attached hydrogen (secondary N) is 2. The van der Waals surface area contributed by atoms with Crippen LogP contribution in [-0.4, -0.2) is 37.2 Å². The van der Waals surface area contributed by atoms with Crippen LogP contribution in [0.2, 0.25) is 0 Å². The van der Waals surface area contributed by atoms with E-state index in [4.69, 9.17) is 4.74 Å². The summed E-state index contributed by atoms with van der Waals surface area (Å²) < 4.78 is 5.30. The lowest BCUT2D eigenvalue weighted by Gasteiger charge is -2.26. The zero-order valence-electron chi connectivity index (χ0n) is 10.6. The van der Waals surface area contributed by atoms with Crippen molar-refractivity contribution in [3.05, 3.63) is 0 Å². The van der Waals surface area contributed by atoms with E-state index >= 15 is 0 Å². The zero-order chi connectivity index (χ0) is 12.0. The van der Waals surface area contributed by atoms with E-state index in [9.17, 15) is 4.79 Å². The molecule has 0 aromatic carbocycles. The van der Waals surface area contributed by atoms with Crippen molar-refractivity contribution in [1.29, 1.82) is 0 Å². The van der Waals surface area contributed by atoms with Crippen molar-refractivity contribution in [2.75, 3.05) is 13.2 Å². The van der Waals surface area contributed by atoms with Crippen LogP contribution in [0, 0.1) is 0 Å². The SMILES string of the molecule is CC(C)NC(=O)CC(C)NC1CCOCC1. The molecule has 1 amide bonds. The van der Waals surface area contributed by atoms with Crippen molar-refractivity contribution in [3.63, 3.8) is 0 Å². The topological polar surface area (TPSA) is 50.4 Å². The molecule has 16 heavy (non-hydrogen) atoms. The molecule has 1 fully saturated rings. The molecule has 0 spiro atoms. The van der Waals surface area contributed by atoms with Crippen LogP contribution in [0.3, 0.4) is 0 Å². The van der Waals surface area contributed by atoms with Gasteiger partial charge in [0.2, 0.25) is 5.91 Å². The summed E-state index contributed by atoms with van der Waals surface area (Å²) in [6.45, 7) is 7.70. The summed E-state index contributed by atoms with van der Waals surface area (Å²) in [5, 5.41) is 6.39. The minimum Gasteiger partial charge on any atom is -0.381 e. The van der Waals surface area contributed by atoms with Gasteiger partial charge in [-0.15, -0.1) is 0 Å². The Morgan fingerprint density at radius 3 is 2.50 bits per heavy atom. The first kappa shape index (κ1) is 13.5. The number of amides is 1. The van der Waals surface area contributed by atoms with Crippen LogP contribution in [0.1, 0.15) is 40.0 Å². The van der Waals surface area contributed by atoms with Crippen LogP contribution >= 0.6 is 0 Å². The number of hydrogen-bond acceptors (Lipinski definition) is 3. The van der Waals surface area contributed by atoms with E-state index in [1.807, 2.05) is 13.8 Å². The fraction of sp³-hybridized carbons (Fsp3) is 0.917. The van der Waals surface area contributed by atoms with Crippen molar-refractivity contribution in [2.24, 2.45) is 0 Å². The highest BCUT2D eigenvalue weighted by Crippen LogP contribution is 2.08. The number of carbonyl (C=O) groups is 1. The molecule has 2 N–H and O–H groups in total. The summed E-state index contributed by atoms with van der Waals surface area (Å²) in [7, 11) is 0. The van der Waals surface area contributed by atoms with E-state index in [2.05, 4.69) is 17.6 Å². The van der Waals surface area contributed by atoms with Crippen LogP contribution in [-0.2, 0) is 9.53 Å². The van der Waals surface area contributed by atoms with Gasteiger partial charge >= 0.3 is 0 Å². The van der Waals surface area contributed by atoms with E-state index in [1.54, 1.807) is 0 Å². The molecule has 4 nitrogen and oxygen atoms in total. The van der Waals surface area contributed by atoms with Gasteiger partial charge in [0.25, 0.3) is 0 Å². The predicted octanol–water partition coefficient (Wildman–Crippen LogP) is 1.06. The highest BCUT2D eigenvalue weighted by molar-refractivity contribution is 5.76. The zero-order valence-corrected chi connectivity index (χ0v) is 10.6. The van der Waals surface area contributed by atoms with E-state index in [0.717, 1.165) is 26.1 Å². The summed E-state index contributed by atoms with van der Waals surface area (Å²) >= 11 is 0. The number of rotatable bonds is 5. The second-order valence-electron chi connectivity index (χ2n) is 4.88. The molecule has 1 atom stereocenters. The summed E-state index contributed by atoms with van der Waals surface area (Å²) in [6.07, 6.45) is 2.65. The van der Waals surface area contributed by atoms with Crippen LogP contribution in [0.15, 0.2) is 0 Å². The first-order valence-corrected chi connectivity index (χ1v) is 6.21. The van der Waals surface area contributed by atoms with Crippen molar-refractivity contribution < 1.29 is 9.53 Å². The average Bonchev–Trinajstić information content (AvgIpc) is 2.17. The summed E-state index contributed by atoms with van der Waals surface area (Å²) in [6, 6.07) is 0.972. The number of ether oxygens (including phenoxy) is 1. The van der Waals surface area contributed by atoms with Gasteiger partial charge in [0, 0.05) is 37.8 Å². The molecular formula is C12H24N2O2. The van der Waals surface area contributed by atoms with Crippen LogP contribution in [0.25, 0.3) is 0 Å². The highest BCUT2D eigenvalue weighted by atomic mass is 16.5. The third kappa shape index (κ3) is 5.47. The van der Waals surface area contributed by atoms with Gasteiger partial charge in [0.1, 0.15) is 0 Å². The maximum absolute atomic E-state index is 11.5. The Hall–Kier alpha value is -0.610. The minimum absolute atomic E-state index is 0.127. The van der Waals surface area contributed by atoms with Gasteiger partial charge in [-0.05, 0) is 33.6 Å². The normalized spacial score (nSPS) is 19.8. The Morgan fingerprint density at radius 2 is 1.94 bits per heavy atom. The largest absolute Gasteiger partial charge is 0.381 e. The van der Waals surface area contributed by atoms with Gasteiger partial charge in [0.15, 0.2) is 0 Å². The first-order chi connectivity index (χ1) is 7.58. The average molecular weight is 228 g/mol. The summed E-state index contributed by atoms with van der Waals surface area (Å²) in [5.74, 6) is 0.127. The summed E-state index contributed by atoms with van der Waals surface area (Å²) in [5.41, 5.74) is 0. The molecule has 1 aliphatic heterocycles. The maximum Gasteiger partial charge on any atom is 0.221 e. The maximum atomic E-state index is 11.5. The molecule has 4 heteroatoms. The second kappa shape index (κ2) is 6.86. The third-order valence-corrected chi connectivity index (χ3v) is 2.68. The van der Waals surface area contributed by atoms with Crippen molar-refractivity contribution >= 4 is 5.91 Å². The molecular weight excluding hydrogens is 204 g/mol. The molecule has 1 saturated heterocycles. The fourth-order valence-corrected chi connectivity index (χ4v) is 1.98. The van der Waals surface area contributed by atoms with Crippen molar-refractivity contribution in [3.8, 4) is 0 Å². The lowest BCUT2D eigenvalue weighted by molar-refractivity contribution is -0.122. The third-order valence-electron chi connectivity index (χ3n) is 2.68. The van der Waals surface area contributed by atoms with E-state index < -0.39 is 0 Å². The lowest BCUT2D eigenvalue weighted by atomic mass is 10.1. The molecule has 0 bridgehead atoms. The summed E-state index contributed by atoms with van der Waals surface area (Å²) in [4.78, 5) is 11.5. The molecule has 1 aliphatic rings. The number of carbonyl (C=O) groups excluding carboxylic acids is 1. The second-order valence-corrected chi connectivity index (χ2v) is 4.88. The van der Waals surface area contributed by atoms with Gasteiger partial charge in [-0.25, -0.2) is 0 Å². The van der Waals surface area contributed by atoms with Gasteiger partial charge in [-0.2, -0.15) is 0 Å². The fourth-order valence-electron chi connectivity index (χ4n) is 1.98. The van der Waals surface area contributed by atoms with Crippen molar-refractivity contribution in [2.45, 2.75) is 58.2 Å². The van der Waals surface area contributed by atoms with E-state index in [-0.39, 0.29) is 18.0 Å². The smallest absolute Gasteiger partial charge is 0.221 e. The molecule has 0 radical (unpaired) electrons. The quantitative estimate of drug-likeness (QED) is 0.739. The van der Waals surface area contributed by atoms with Gasteiger partial charge < -0.3 is 15.4 Å². The number of hydrogen-bond donors (Lipinski definition) is 2. The molecule has 0 aliphatic carbocycles. The van der Waals surface area contributed by atoms with Gasteiger partial charge in [0.05, 0.1) is 0 Å².